The van der Waals surface area contributed by atoms with Crippen molar-refractivity contribution in [3.05, 3.63) is 34.9 Å². The zero-order valence-corrected chi connectivity index (χ0v) is 19.2. The van der Waals surface area contributed by atoms with Crippen molar-refractivity contribution >= 4 is 5.97 Å². The highest BCUT2D eigenvalue weighted by molar-refractivity contribution is 5.87. The summed E-state index contributed by atoms with van der Waals surface area (Å²) in [6.07, 6.45) is 11.7. The largest absolute Gasteiger partial charge is 0.501 e. The maximum Gasteiger partial charge on any atom is 0.367 e. The van der Waals surface area contributed by atoms with Crippen LogP contribution in [0.3, 0.4) is 0 Å². The van der Waals surface area contributed by atoms with E-state index in [1.54, 1.807) is 14.0 Å². The van der Waals surface area contributed by atoms with Gasteiger partial charge < -0.3 is 9.47 Å². The van der Waals surface area contributed by atoms with Gasteiger partial charge in [-0.3, -0.25) is 0 Å². The number of rotatable bonds is 4. The number of esters is 1. The molecule has 4 rings (SSSR count). The molecule has 6 atom stereocenters. The second-order valence-electron chi connectivity index (χ2n) is 10.2. The van der Waals surface area contributed by atoms with E-state index in [1.165, 1.54) is 5.57 Å². The van der Waals surface area contributed by atoms with E-state index >= 15 is 4.39 Å². The van der Waals surface area contributed by atoms with Crippen molar-refractivity contribution in [2.45, 2.75) is 72.6 Å². The number of fused-ring (bicyclic) bond motifs is 5. The molecule has 0 aromatic rings. The number of halogens is 1. The molecule has 4 aliphatic rings. The SMILES string of the molecule is CCOC(=O)C(F)=C1CC[C@H]2[C@@H]3[C@@H](CC)C=C4C=C(OC)CC[C@]4(C)[C@H]3CC[C@]12C. The zero-order valence-electron chi connectivity index (χ0n) is 19.2. The van der Waals surface area contributed by atoms with Crippen molar-refractivity contribution in [1.82, 2.24) is 0 Å². The lowest BCUT2D eigenvalue weighted by molar-refractivity contribution is -0.140. The molecule has 2 saturated carbocycles. The standard InChI is InChI=1S/C26H37FO3/c1-6-16-14-17-15-18(29-5)10-12-25(17,3)20-11-13-26(4)19(22(16)20)8-9-21(26)23(27)24(28)30-7-2/h14-16,19-20,22H,6-13H2,1-5H3/t16-,19-,20-,22-,25-,26-/m0/s1. The Labute approximate surface area is 180 Å². The first-order chi connectivity index (χ1) is 14.3. The minimum absolute atomic E-state index is 0.172. The lowest BCUT2D eigenvalue weighted by atomic mass is 9.46. The van der Waals surface area contributed by atoms with Gasteiger partial charge in [-0.1, -0.05) is 26.8 Å². The summed E-state index contributed by atoms with van der Waals surface area (Å²) >= 11 is 0. The Balaban J connectivity index is 1.73. The van der Waals surface area contributed by atoms with Gasteiger partial charge in [-0.15, -0.1) is 0 Å². The van der Waals surface area contributed by atoms with E-state index in [-0.39, 0.29) is 17.4 Å². The normalized spacial score (nSPS) is 41.7. The Morgan fingerprint density at radius 1 is 1.13 bits per heavy atom. The summed E-state index contributed by atoms with van der Waals surface area (Å²) in [4.78, 5) is 12.2. The maximum absolute atomic E-state index is 15.1. The smallest absolute Gasteiger partial charge is 0.367 e. The minimum atomic E-state index is -0.772. The van der Waals surface area contributed by atoms with Crippen molar-refractivity contribution in [2.24, 2.45) is 34.5 Å². The molecule has 0 saturated heterocycles. The minimum Gasteiger partial charge on any atom is -0.501 e. The molecule has 0 aromatic carbocycles. The van der Waals surface area contributed by atoms with E-state index in [4.69, 9.17) is 9.47 Å². The van der Waals surface area contributed by atoms with E-state index in [0.717, 1.165) is 49.9 Å². The van der Waals surface area contributed by atoms with Crippen LogP contribution in [0, 0.1) is 34.5 Å². The molecule has 166 valence electrons. The van der Waals surface area contributed by atoms with Gasteiger partial charge in [0.1, 0.15) is 0 Å². The molecular formula is C26H37FO3. The monoisotopic (exact) mass is 416 g/mol. The third-order valence-electron chi connectivity index (χ3n) is 9.14. The average molecular weight is 417 g/mol. The fourth-order valence-electron chi connectivity index (χ4n) is 7.50. The highest BCUT2D eigenvalue weighted by Gasteiger charge is 2.59. The first kappa shape index (κ1) is 21.6. The Morgan fingerprint density at radius 2 is 1.87 bits per heavy atom. The van der Waals surface area contributed by atoms with E-state index in [0.29, 0.717) is 30.1 Å². The van der Waals surface area contributed by atoms with Crippen LogP contribution in [0.2, 0.25) is 0 Å². The molecule has 4 heteroatoms. The summed E-state index contributed by atoms with van der Waals surface area (Å²) in [7, 11) is 1.77. The molecule has 4 aliphatic carbocycles. The summed E-state index contributed by atoms with van der Waals surface area (Å²) < 4.78 is 25.7. The van der Waals surface area contributed by atoms with Crippen LogP contribution in [0.15, 0.2) is 34.9 Å². The first-order valence-corrected chi connectivity index (χ1v) is 11.8. The van der Waals surface area contributed by atoms with E-state index in [2.05, 4.69) is 32.9 Å². The van der Waals surface area contributed by atoms with E-state index in [1.807, 2.05) is 0 Å². The van der Waals surface area contributed by atoms with Crippen molar-refractivity contribution < 1.29 is 18.7 Å². The molecule has 0 radical (unpaired) electrons. The molecular weight excluding hydrogens is 379 g/mol. The molecule has 0 spiro atoms. The lowest BCUT2D eigenvalue weighted by Gasteiger charge is -2.58. The van der Waals surface area contributed by atoms with Gasteiger partial charge in [0.2, 0.25) is 5.83 Å². The average Bonchev–Trinajstić information content (AvgIpc) is 3.09. The van der Waals surface area contributed by atoms with Crippen LogP contribution in [-0.2, 0) is 14.3 Å². The van der Waals surface area contributed by atoms with Crippen LogP contribution in [0.4, 0.5) is 4.39 Å². The van der Waals surface area contributed by atoms with Gasteiger partial charge in [-0.25, -0.2) is 4.79 Å². The van der Waals surface area contributed by atoms with Crippen molar-refractivity contribution in [3.8, 4) is 0 Å². The predicted molar refractivity (Wildman–Crippen MR) is 116 cm³/mol. The predicted octanol–water partition coefficient (Wildman–Crippen LogP) is 6.51. The van der Waals surface area contributed by atoms with Crippen LogP contribution in [0.5, 0.6) is 0 Å². The van der Waals surface area contributed by atoms with Crippen LogP contribution < -0.4 is 0 Å². The van der Waals surface area contributed by atoms with Gasteiger partial charge >= 0.3 is 5.97 Å². The Kier molecular flexibility index (Phi) is 5.65. The van der Waals surface area contributed by atoms with E-state index < -0.39 is 11.8 Å². The summed E-state index contributed by atoms with van der Waals surface area (Å²) in [5.41, 5.74) is 2.12. The van der Waals surface area contributed by atoms with Crippen LogP contribution in [0.1, 0.15) is 72.6 Å². The topological polar surface area (TPSA) is 35.5 Å². The fraction of sp³-hybridized carbons (Fsp3) is 0.731. The van der Waals surface area contributed by atoms with Crippen molar-refractivity contribution in [3.63, 3.8) is 0 Å². The zero-order chi connectivity index (χ0) is 21.7. The fourth-order valence-corrected chi connectivity index (χ4v) is 7.50. The summed E-state index contributed by atoms with van der Waals surface area (Å²) in [5, 5.41) is 0. The quantitative estimate of drug-likeness (QED) is 0.387. The first-order valence-electron chi connectivity index (χ1n) is 11.8. The number of hydrogen-bond acceptors (Lipinski definition) is 3. The number of allylic oxidation sites excluding steroid dienone is 5. The summed E-state index contributed by atoms with van der Waals surface area (Å²) in [6.45, 7) is 8.88. The third kappa shape index (κ3) is 3.08. The third-order valence-corrected chi connectivity index (χ3v) is 9.14. The van der Waals surface area contributed by atoms with Crippen LogP contribution in [0.25, 0.3) is 0 Å². The van der Waals surface area contributed by atoms with Gasteiger partial charge in [0, 0.05) is 6.42 Å². The lowest BCUT2D eigenvalue weighted by Crippen LogP contribution is -2.51. The second-order valence-corrected chi connectivity index (χ2v) is 10.2. The highest BCUT2D eigenvalue weighted by Crippen LogP contribution is 2.67. The maximum atomic E-state index is 15.1. The van der Waals surface area contributed by atoms with Gasteiger partial charge in [-0.05, 0) is 97.2 Å². The Morgan fingerprint density at radius 3 is 2.53 bits per heavy atom. The molecule has 0 heterocycles. The molecule has 0 N–H and O–H groups in total. The number of methoxy groups -OCH3 is 1. The van der Waals surface area contributed by atoms with Crippen LogP contribution >= 0.6 is 0 Å². The Bertz CT molecular complexity index is 809. The number of ether oxygens (including phenoxy) is 2. The Hall–Kier alpha value is -1.58. The molecule has 0 aromatic heterocycles. The molecule has 2 fully saturated rings. The highest BCUT2D eigenvalue weighted by atomic mass is 19.1. The van der Waals surface area contributed by atoms with Gasteiger partial charge in [0.25, 0.3) is 0 Å². The summed E-state index contributed by atoms with van der Waals surface area (Å²) in [5.74, 6) is 1.80. The molecule has 30 heavy (non-hydrogen) atoms. The van der Waals surface area contributed by atoms with Gasteiger partial charge in [-0.2, -0.15) is 4.39 Å². The van der Waals surface area contributed by atoms with Crippen molar-refractivity contribution in [2.75, 3.05) is 13.7 Å². The van der Waals surface area contributed by atoms with Gasteiger partial charge in [0.05, 0.1) is 19.5 Å². The molecule has 0 unspecified atom stereocenters. The van der Waals surface area contributed by atoms with Crippen molar-refractivity contribution in [1.29, 1.82) is 0 Å². The molecule has 0 amide bonds. The molecule has 3 nitrogen and oxygen atoms in total. The molecule has 0 bridgehead atoms. The second kappa shape index (κ2) is 7.84. The number of carbonyl (C=O) groups is 1. The number of hydrogen-bond donors (Lipinski definition) is 0. The van der Waals surface area contributed by atoms with E-state index in [9.17, 15) is 4.79 Å². The summed E-state index contributed by atoms with van der Waals surface area (Å²) in [6, 6.07) is 0. The van der Waals surface area contributed by atoms with Crippen LogP contribution in [-0.4, -0.2) is 19.7 Å². The van der Waals surface area contributed by atoms with Gasteiger partial charge in [0.15, 0.2) is 0 Å². The molecule has 0 aliphatic heterocycles. The number of carbonyl (C=O) groups excluding carboxylic acids is 1.